The lowest BCUT2D eigenvalue weighted by molar-refractivity contribution is -0.927. The first kappa shape index (κ1) is 18.4. The first-order chi connectivity index (χ1) is 12.5. The standard InChI is InChI=1S/C20H23ClN4O/c1-4-25(13-15-5-11-18(12-6-15)24(2)3)14-19-22-20(23-26-19)16-7-9-17(21)10-8-16/h5-12H,4,13-14H2,1-3H3/p+1. The van der Waals surface area contributed by atoms with Crippen molar-refractivity contribution >= 4 is 17.3 Å². The number of rotatable bonds is 7. The van der Waals surface area contributed by atoms with Gasteiger partial charge in [0.15, 0.2) is 6.54 Å². The molecule has 1 atom stereocenters. The van der Waals surface area contributed by atoms with Crippen molar-refractivity contribution in [1.82, 2.24) is 10.1 Å². The van der Waals surface area contributed by atoms with Crippen LogP contribution in [0.4, 0.5) is 5.69 Å². The summed E-state index contributed by atoms with van der Waals surface area (Å²) in [6.45, 7) is 4.77. The van der Waals surface area contributed by atoms with Crippen LogP contribution in [0, 0.1) is 0 Å². The summed E-state index contributed by atoms with van der Waals surface area (Å²) < 4.78 is 5.45. The maximum absolute atomic E-state index is 5.93. The molecule has 3 rings (SSSR count). The zero-order chi connectivity index (χ0) is 18.5. The van der Waals surface area contributed by atoms with Crippen LogP contribution < -0.4 is 9.80 Å². The van der Waals surface area contributed by atoms with E-state index in [1.807, 2.05) is 38.4 Å². The number of hydrogen-bond acceptors (Lipinski definition) is 4. The van der Waals surface area contributed by atoms with Gasteiger partial charge in [-0.2, -0.15) is 4.98 Å². The summed E-state index contributed by atoms with van der Waals surface area (Å²) in [5, 5.41) is 4.79. The molecule has 1 aromatic heterocycles. The third-order valence-electron chi connectivity index (χ3n) is 4.38. The number of hydrogen-bond donors (Lipinski definition) is 1. The van der Waals surface area contributed by atoms with Crippen LogP contribution in [0.1, 0.15) is 18.4 Å². The molecule has 0 bridgehead atoms. The van der Waals surface area contributed by atoms with E-state index in [0.29, 0.717) is 23.3 Å². The molecule has 0 fully saturated rings. The monoisotopic (exact) mass is 371 g/mol. The van der Waals surface area contributed by atoms with E-state index in [1.54, 1.807) is 0 Å². The second-order valence-corrected chi connectivity index (χ2v) is 6.97. The fraction of sp³-hybridized carbons (Fsp3) is 0.300. The third-order valence-corrected chi connectivity index (χ3v) is 4.63. The molecule has 1 unspecified atom stereocenters. The molecule has 5 nitrogen and oxygen atoms in total. The van der Waals surface area contributed by atoms with Gasteiger partial charge in [0.1, 0.15) is 6.54 Å². The molecule has 0 aliphatic carbocycles. The molecule has 3 aromatic rings. The first-order valence-corrected chi connectivity index (χ1v) is 9.11. The van der Waals surface area contributed by atoms with Crippen LogP contribution in [0.25, 0.3) is 11.4 Å². The molecule has 0 aliphatic rings. The number of aromatic nitrogens is 2. The van der Waals surface area contributed by atoms with Gasteiger partial charge in [-0.15, -0.1) is 0 Å². The van der Waals surface area contributed by atoms with Crippen molar-refractivity contribution in [3.05, 3.63) is 65.0 Å². The predicted octanol–water partition coefficient (Wildman–Crippen LogP) is 3.06. The first-order valence-electron chi connectivity index (χ1n) is 8.73. The fourth-order valence-electron chi connectivity index (χ4n) is 2.77. The average Bonchev–Trinajstić information content (AvgIpc) is 3.10. The fourth-order valence-corrected chi connectivity index (χ4v) is 2.90. The Morgan fingerprint density at radius 2 is 1.69 bits per heavy atom. The summed E-state index contributed by atoms with van der Waals surface area (Å²) in [4.78, 5) is 8.00. The summed E-state index contributed by atoms with van der Waals surface area (Å²) in [5.74, 6) is 1.25. The Kier molecular flexibility index (Phi) is 5.91. The van der Waals surface area contributed by atoms with Gasteiger partial charge in [-0.25, -0.2) is 0 Å². The molecule has 1 heterocycles. The Morgan fingerprint density at radius 3 is 2.31 bits per heavy atom. The van der Waals surface area contributed by atoms with Gasteiger partial charge in [0.05, 0.1) is 6.54 Å². The molecule has 0 radical (unpaired) electrons. The molecule has 6 heteroatoms. The number of anilines is 1. The van der Waals surface area contributed by atoms with Crippen molar-refractivity contribution in [2.75, 3.05) is 25.5 Å². The van der Waals surface area contributed by atoms with Crippen molar-refractivity contribution in [2.45, 2.75) is 20.0 Å². The number of quaternary nitrogens is 1. The molecule has 2 aromatic carbocycles. The van der Waals surface area contributed by atoms with Crippen LogP contribution in [-0.4, -0.2) is 30.8 Å². The van der Waals surface area contributed by atoms with Crippen LogP contribution in [0.15, 0.2) is 53.1 Å². The largest absolute Gasteiger partial charge is 0.378 e. The lowest BCUT2D eigenvalue weighted by atomic mass is 10.2. The minimum Gasteiger partial charge on any atom is -0.378 e. The van der Waals surface area contributed by atoms with Gasteiger partial charge >= 0.3 is 0 Å². The molecule has 0 amide bonds. The summed E-state index contributed by atoms with van der Waals surface area (Å²) in [7, 11) is 4.10. The summed E-state index contributed by atoms with van der Waals surface area (Å²) in [6.07, 6.45) is 0. The summed E-state index contributed by atoms with van der Waals surface area (Å²) in [6, 6.07) is 16.1. The van der Waals surface area contributed by atoms with E-state index in [9.17, 15) is 0 Å². The number of halogens is 1. The van der Waals surface area contributed by atoms with Crippen LogP contribution in [0.5, 0.6) is 0 Å². The SMILES string of the molecule is CC[NH+](Cc1ccc(N(C)C)cc1)Cc1nc(-c2ccc(Cl)cc2)no1. The van der Waals surface area contributed by atoms with Crippen LogP contribution >= 0.6 is 11.6 Å². The molecule has 0 spiro atoms. The van der Waals surface area contributed by atoms with E-state index in [2.05, 4.69) is 46.2 Å². The topological polar surface area (TPSA) is 46.6 Å². The van der Waals surface area contributed by atoms with Gasteiger partial charge in [0.2, 0.25) is 5.82 Å². The van der Waals surface area contributed by atoms with E-state index in [4.69, 9.17) is 16.1 Å². The maximum Gasteiger partial charge on any atom is 0.282 e. The van der Waals surface area contributed by atoms with E-state index < -0.39 is 0 Å². The Morgan fingerprint density at radius 1 is 1.00 bits per heavy atom. The van der Waals surface area contributed by atoms with E-state index in [1.165, 1.54) is 16.2 Å². The van der Waals surface area contributed by atoms with Gasteiger partial charge in [0.25, 0.3) is 5.89 Å². The Bertz CT molecular complexity index is 828. The Labute approximate surface area is 159 Å². The second kappa shape index (κ2) is 8.34. The maximum atomic E-state index is 5.93. The highest BCUT2D eigenvalue weighted by Crippen LogP contribution is 2.18. The van der Waals surface area contributed by atoms with Gasteiger partial charge in [0, 0.05) is 35.9 Å². The van der Waals surface area contributed by atoms with Crippen LogP contribution in [0.2, 0.25) is 5.02 Å². The minimum atomic E-state index is 0.599. The van der Waals surface area contributed by atoms with Gasteiger partial charge in [-0.3, -0.25) is 0 Å². The highest BCUT2D eigenvalue weighted by atomic mass is 35.5. The van der Waals surface area contributed by atoms with Crippen LogP contribution in [0.3, 0.4) is 0 Å². The van der Waals surface area contributed by atoms with Crippen molar-refractivity contribution in [3.63, 3.8) is 0 Å². The van der Waals surface area contributed by atoms with Crippen molar-refractivity contribution in [2.24, 2.45) is 0 Å². The Balaban J connectivity index is 1.65. The lowest BCUT2D eigenvalue weighted by Gasteiger charge is -2.17. The van der Waals surface area contributed by atoms with Gasteiger partial charge in [-0.05, 0) is 43.3 Å². The van der Waals surface area contributed by atoms with E-state index in [0.717, 1.165) is 18.7 Å². The second-order valence-electron chi connectivity index (χ2n) is 6.54. The number of benzene rings is 2. The third kappa shape index (κ3) is 4.62. The smallest absolute Gasteiger partial charge is 0.282 e. The minimum absolute atomic E-state index is 0.599. The van der Waals surface area contributed by atoms with E-state index in [-0.39, 0.29) is 0 Å². The summed E-state index contributed by atoms with van der Waals surface area (Å²) >= 11 is 5.93. The lowest BCUT2D eigenvalue weighted by Crippen LogP contribution is -3.09. The van der Waals surface area contributed by atoms with Gasteiger partial charge in [-0.1, -0.05) is 28.9 Å². The van der Waals surface area contributed by atoms with Crippen molar-refractivity contribution in [1.29, 1.82) is 0 Å². The normalized spacial score (nSPS) is 12.2. The average molecular weight is 372 g/mol. The predicted molar refractivity (Wildman–Crippen MR) is 104 cm³/mol. The zero-order valence-electron chi connectivity index (χ0n) is 15.4. The zero-order valence-corrected chi connectivity index (χ0v) is 16.1. The highest BCUT2D eigenvalue weighted by molar-refractivity contribution is 6.30. The molecule has 0 saturated heterocycles. The number of nitrogens with one attached hydrogen (secondary N) is 1. The van der Waals surface area contributed by atoms with Crippen molar-refractivity contribution in [3.8, 4) is 11.4 Å². The molecular weight excluding hydrogens is 348 g/mol. The van der Waals surface area contributed by atoms with Gasteiger partial charge < -0.3 is 14.3 Å². The molecule has 0 aliphatic heterocycles. The van der Waals surface area contributed by atoms with Crippen molar-refractivity contribution < 1.29 is 9.42 Å². The highest BCUT2D eigenvalue weighted by Gasteiger charge is 2.15. The summed E-state index contributed by atoms with van der Waals surface area (Å²) in [5.41, 5.74) is 3.41. The van der Waals surface area contributed by atoms with E-state index >= 15 is 0 Å². The Hall–Kier alpha value is -2.37. The molecular formula is C20H24ClN4O+. The number of nitrogens with zero attached hydrogens (tertiary/aromatic N) is 3. The molecule has 0 saturated carbocycles. The molecule has 26 heavy (non-hydrogen) atoms. The quantitative estimate of drug-likeness (QED) is 0.693. The molecule has 1 N–H and O–H groups in total. The molecule has 136 valence electrons. The van der Waals surface area contributed by atoms with Crippen LogP contribution in [-0.2, 0) is 13.1 Å².